The molecule has 0 aliphatic carbocycles. The molecule has 0 aliphatic rings. The second kappa shape index (κ2) is 8.57. The van der Waals surface area contributed by atoms with Crippen LogP contribution in [0.2, 0.25) is 0 Å². The Labute approximate surface area is 94.4 Å². The summed E-state index contributed by atoms with van der Waals surface area (Å²) in [6.07, 6.45) is 0. The number of hydrogen-bond donors (Lipinski definition) is 1. The maximum atomic E-state index is 5.11. The molecule has 0 aromatic carbocycles. The number of nitrogens with zero attached hydrogens (tertiary/aromatic N) is 1. The zero-order valence-electron chi connectivity index (χ0n) is 9.99. The molecule has 0 radical (unpaired) electrons. The summed E-state index contributed by atoms with van der Waals surface area (Å²) in [6, 6.07) is 0. The summed E-state index contributed by atoms with van der Waals surface area (Å²) in [5.74, 6) is 2.34. The van der Waals surface area contributed by atoms with Crippen LogP contribution in [0.3, 0.4) is 0 Å². The highest BCUT2D eigenvalue weighted by Gasteiger charge is 2.10. The lowest BCUT2D eigenvalue weighted by atomic mass is 10.1. The Morgan fingerprint density at radius 3 is 2.29 bits per heavy atom. The summed E-state index contributed by atoms with van der Waals surface area (Å²) < 4.78 is 5.11. The highest BCUT2D eigenvalue weighted by Crippen LogP contribution is 2.05. The van der Waals surface area contributed by atoms with Crippen molar-refractivity contribution in [3.63, 3.8) is 0 Å². The van der Waals surface area contributed by atoms with Crippen molar-refractivity contribution in [1.29, 1.82) is 0 Å². The summed E-state index contributed by atoms with van der Waals surface area (Å²) in [7, 11) is 1.76. The highest BCUT2D eigenvalue weighted by molar-refractivity contribution is 7.80. The molecular formula is C11H25NOS. The van der Waals surface area contributed by atoms with Gasteiger partial charge in [-0.15, -0.1) is 0 Å². The number of thiol groups is 1. The summed E-state index contributed by atoms with van der Waals surface area (Å²) >= 11 is 4.31. The molecule has 1 atom stereocenters. The first kappa shape index (κ1) is 14.3. The van der Waals surface area contributed by atoms with E-state index < -0.39 is 0 Å². The maximum absolute atomic E-state index is 5.11. The molecule has 0 spiro atoms. The Bertz CT molecular complexity index is 130. The molecule has 3 heteroatoms. The van der Waals surface area contributed by atoms with Crippen molar-refractivity contribution >= 4 is 12.6 Å². The van der Waals surface area contributed by atoms with E-state index in [1.165, 1.54) is 0 Å². The van der Waals surface area contributed by atoms with E-state index >= 15 is 0 Å². The molecule has 0 rings (SSSR count). The SMILES string of the molecule is COCCN(CC(C)C)CC(C)CS. The molecule has 0 amide bonds. The molecule has 2 nitrogen and oxygen atoms in total. The third-order valence-electron chi connectivity index (χ3n) is 2.12. The molecule has 0 aliphatic heterocycles. The predicted octanol–water partition coefficient (Wildman–Crippen LogP) is 2.16. The normalized spacial score (nSPS) is 13.9. The van der Waals surface area contributed by atoms with Gasteiger partial charge in [0, 0.05) is 26.7 Å². The van der Waals surface area contributed by atoms with Crippen LogP contribution >= 0.6 is 12.6 Å². The van der Waals surface area contributed by atoms with Crippen molar-refractivity contribution in [3.05, 3.63) is 0 Å². The topological polar surface area (TPSA) is 12.5 Å². The minimum atomic E-state index is 0.661. The van der Waals surface area contributed by atoms with E-state index in [0.29, 0.717) is 5.92 Å². The number of hydrogen-bond acceptors (Lipinski definition) is 3. The largest absolute Gasteiger partial charge is 0.383 e. The van der Waals surface area contributed by atoms with Crippen LogP contribution < -0.4 is 0 Å². The Balaban J connectivity index is 3.83. The average molecular weight is 219 g/mol. The van der Waals surface area contributed by atoms with Crippen LogP contribution in [0, 0.1) is 11.8 Å². The second-order valence-electron chi connectivity index (χ2n) is 4.43. The number of rotatable bonds is 8. The summed E-state index contributed by atoms with van der Waals surface area (Å²) in [5, 5.41) is 0. The van der Waals surface area contributed by atoms with Gasteiger partial charge in [-0.25, -0.2) is 0 Å². The van der Waals surface area contributed by atoms with Gasteiger partial charge >= 0.3 is 0 Å². The second-order valence-corrected chi connectivity index (χ2v) is 4.80. The Hall–Kier alpha value is 0.270. The average Bonchev–Trinajstić information content (AvgIpc) is 2.13. The van der Waals surface area contributed by atoms with Crippen LogP contribution in [0.1, 0.15) is 20.8 Å². The van der Waals surface area contributed by atoms with Crippen molar-refractivity contribution in [3.8, 4) is 0 Å². The van der Waals surface area contributed by atoms with Gasteiger partial charge in [-0.3, -0.25) is 0 Å². The maximum Gasteiger partial charge on any atom is 0.0589 e. The van der Waals surface area contributed by atoms with E-state index in [9.17, 15) is 0 Å². The van der Waals surface area contributed by atoms with Gasteiger partial charge in [-0.05, 0) is 17.6 Å². The standard InChI is InChI=1S/C11H25NOS/c1-10(2)7-12(5-6-13-4)8-11(3)9-14/h10-11,14H,5-9H2,1-4H3. The van der Waals surface area contributed by atoms with E-state index in [1.54, 1.807) is 7.11 Å². The first-order valence-corrected chi connectivity index (χ1v) is 6.05. The smallest absolute Gasteiger partial charge is 0.0589 e. The molecule has 0 fully saturated rings. The third kappa shape index (κ3) is 7.65. The van der Waals surface area contributed by atoms with E-state index in [2.05, 4.69) is 38.3 Å². The zero-order chi connectivity index (χ0) is 11.0. The number of ether oxygens (including phenoxy) is 1. The Morgan fingerprint density at radius 1 is 1.21 bits per heavy atom. The molecule has 0 bridgehead atoms. The fourth-order valence-corrected chi connectivity index (χ4v) is 1.61. The van der Waals surface area contributed by atoms with Gasteiger partial charge in [-0.1, -0.05) is 20.8 Å². The van der Waals surface area contributed by atoms with E-state index in [1.807, 2.05) is 0 Å². The Morgan fingerprint density at radius 2 is 1.86 bits per heavy atom. The Kier molecular flexibility index (Phi) is 8.73. The lowest BCUT2D eigenvalue weighted by molar-refractivity contribution is 0.132. The van der Waals surface area contributed by atoms with Gasteiger partial charge in [0.15, 0.2) is 0 Å². The van der Waals surface area contributed by atoms with Crippen molar-refractivity contribution in [2.45, 2.75) is 20.8 Å². The van der Waals surface area contributed by atoms with Gasteiger partial charge in [0.25, 0.3) is 0 Å². The fraction of sp³-hybridized carbons (Fsp3) is 1.00. The van der Waals surface area contributed by atoms with Crippen molar-refractivity contribution < 1.29 is 4.74 Å². The van der Waals surface area contributed by atoms with Crippen molar-refractivity contribution in [1.82, 2.24) is 4.90 Å². The molecule has 0 N–H and O–H groups in total. The van der Waals surface area contributed by atoms with Gasteiger partial charge in [-0.2, -0.15) is 12.6 Å². The minimum Gasteiger partial charge on any atom is -0.383 e. The molecule has 0 aromatic heterocycles. The van der Waals surface area contributed by atoms with E-state index in [4.69, 9.17) is 4.74 Å². The monoisotopic (exact) mass is 219 g/mol. The number of methoxy groups -OCH3 is 1. The molecule has 86 valence electrons. The van der Waals surface area contributed by atoms with Crippen LogP contribution in [0.25, 0.3) is 0 Å². The molecule has 0 heterocycles. The summed E-state index contributed by atoms with van der Waals surface area (Å²) in [6.45, 7) is 10.9. The fourth-order valence-electron chi connectivity index (χ4n) is 1.49. The zero-order valence-corrected chi connectivity index (χ0v) is 10.9. The first-order chi connectivity index (χ1) is 6.60. The lowest BCUT2D eigenvalue weighted by Crippen LogP contribution is -2.35. The van der Waals surface area contributed by atoms with Gasteiger partial charge < -0.3 is 9.64 Å². The first-order valence-electron chi connectivity index (χ1n) is 5.42. The van der Waals surface area contributed by atoms with Crippen LogP contribution in [0.15, 0.2) is 0 Å². The third-order valence-corrected chi connectivity index (χ3v) is 2.74. The minimum absolute atomic E-state index is 0.661. The summed E-state index contributed by atoms with van der Waals surface area (Å²) in [5.41, 5.74) is 0. The molecular weight excluding hydrogens is 194 g/mol. The quantitative estimate of drug-likeness (QED) is 0.628. The van der Waals surface area contributed by atoms with E-state index in [-0.39, 0.29) is 0 Å². The summed E-state index contributed by atoms with van der Waals surface area (Å²) in [4.78, 5) is 2.47. The van der Waals surface area contributed by atoms with Crippen molar-refractivity contribution in [2.24, 2.45) is 11.8 Å². The van der Waals surface area contributed by atoms with Gasteiger partial charge in [0.1, 0.15) is 0 Å². The van der Waals surface area contributed by atoms with Crippen LogP contribution in [0.4, 0.5) is 0 Å². The van der Waals surface area contributed by atoms with Crippen molar-refractivity contribution in [2.75, 3.05) is 39.1 Å². The van der Waals surface area contributed by atoms with Crippen LogP contribution in [-0.4, -0.2) is 44.0 Å². The molecule has 0 aromatic rings. The lowest BCUT2D eigenvalue weighted by Gasteiger charge is -2.26. The molecule has 1 unspecified atom stereocenters. The predicted molar refractivity (Wildman–Crippen MR) is 66.2 cm³/mol. The van der Waals surface area contributed by atoms with Gasteiger partial charge in [0.2, 0.25) is 0 Å². The molecule has 0 saturated heterocycles. The van der Waals surface area contributed by atoms with Gasteiger partial charge in [0.05, 0.1) is 6.61 Å². The highest BCUT2D eigenvalue weighted by atomic mass is 32.1. The molecule has 0 saturated carbocycles. The van der Waals surface area contributed by atoms with Crippen LogP contribution in [0.5, 0.6) is 0 Å². The van der Waals surface area contributed by atoms with Crippen LogP contribution in [-0.2, 0) is 4.74 Å². The molecule has 14 heavy (non-hydrogen) atoms. The van der Waals surface area contributed by atoms with E-state index in [0.717, 1.165) is 37.9 Å².